The highest BCUT2D eigenvalue weighted by Gasteiger charge is 2.07. The summed E-state index contributed by atoms with van der Waals surface area (Å²) in [6, 6.07) is 7.67. The second kappa shape index (κ2) is 4.94. The second-order valence-electron chi connectivity index (χ2n) is 3.49. The third-order valence-electron chi connectivity index (χ3n) is 2.30. The molecule has 0 bridgehead atoms. The highest BCUT2D eigenvalue weighted by atomic mass is 35.5. The van der Waals surface area contributed by atoms with Crippen LogP contribution in [-0.2, 0) is 0 Å². The summed E-state index contributed by atoms with van der Waals surface area (Å²) in [5.74, 6) is 0.695. The van der Waals surface area contributed by atoms with Crippen LogP contribution in [0.4, 0.5) is 5.82 Å². The molecule has 1 unspecified atom stereocenters. The van der Waals surface area contributed by atoms with E-state index in [0.717, 1.165) is 5.56 Å². The summed E-state index contributed by atoms with van der Waals surface area (Å²) >= 11 is 6.02. The first-order chi connectivity index (χ1) is 7.77. The number of halogens is 1. The third-order valence-corrected chi connectivity index (χ3v) is 2.60. The number of hydrogen-bond donors (Lipinski definition) is 1. The molecule has 0 radical (unpaired) electrons. The van der Waals surface area contributed by atoms with Crippen molar-refractivity contribution in [2.75, 3.05) is 5.32 Å². The molecular weight excluding hydrogens is 222 g/mol. The largest absolute Gasteiger partial charge is 0.362 e. The molecule has 0 aliphatic carbocycles. The molecule has 2 aromatic rings. The summed E-state index contributed by atoms with van der Waals surface area (Å²) in [6.45, 7) is 2.04. The van der Waals surface area contributed by atoms with E-state index >= 15 is 0 Å². The third kappa shape index (κ3) is 2.49. The van der Waals surface area contributed by atoms with E-state index in [2.05, 4.69) is 15.3 Å². The van der Waals surface area contributed by atoms with Gasteiger partial charge in [-0.3, -0.25) is 4.98 Å². The van der Waals surface area contributed by atoms with Gasteiger partial charge >= 0.3 is 0 Å². The number of rotatable bonds is 3. The number of nitrogens with one attached hydrogen (secondary N) is 1. The van der Waals surface area contributed by atoms with Crippen molar-refractivity contribution in [3.63, 3.8) is 0 Å². The van der Waals surface area contributed by atoms with Gasteiger partial charge in [0.1, 0.15) is 5.82 Å². The molecule has 0 aromatic carbocycles. The van der Waals surface area contributed by atoms with Crippen LogP contribution >= 0.6 is 11.6 Å². The van der Waals surface area contributed by atoms with E-state index in [1.54, 1.807) is 12.4 Å². The lowest BCUT2D eigenvalue weighted by Crippen LogP contribution is -2.08. The zero-order valence-electron chi connectivity index (χ0n) is 8.89. The minimum absolute atomic E-state index is 0.126. The van der Waals surface area contributed by atoms with Gasteiger partial charge < -0.3 is 5.32 Å². The first-order valence-corrected chi connectivity index (χ1v) is 5.42. The molecule has 0 aliphatic heterocycles. The van der Waals surface area contributed by atoms with Crippen LogP contribution in [0.25, 0.3) is 0 Å². The summed E-state index contributed by atoms with van der Waals surface area (Å²) in [5.41, 5.74) is 1.10. The summed E-state index contributed by atoms with van der Waals surface area (Å²) in [7, 11) is 0. The van der Waals surface area contributed by atoms with Crippen LogP contribution in [0.1, 0.15) is 18.5 Å². The van der Waals surface area contributed by atoms with Crippen LogP contribution in [0.5, 0.6) is 0 Å². The monoisotopic (exact) mass is 233 g/mol. The van der Waals surface area contributed by atoms with Crippen LogP contribution in [0.3, 0.4) is 0 Å². The molecule has 2 heterocycles. The molecule has 3 nitrogen and oxygen atoms in total. The van der Waals surface area contributed by atoms with Crippen LogP contribution in [-0.4, -0.2) is 9.97 Å². The van der Waals surface area contributed by atoms with Crippen LogP contribution < -0.4 is 5.32 Å². The normalized spacial score (nSPS) is 12.1. The Morgan fingerprint density at radius 2 is 2.06 bits per heavy atom. The Hall–Kier alpha value is -1.61. The topological polar surface area (TPSA) is 37.8 Å². The van der Waals surface area contributed by atoms with E-state index in [1.165, 1.54) is 0 Å². The first-order valence-electron chi connectivity index (χ1n) is 5.04. The van der Waals surface area contributed by atoms with Crippen molar-refractivity contribution in [3.8, 4) is 0 Å². The fourth-order valence-corrected chi connectivity index (χ4v) is 1.59. The van der Waals surface area contributed by atoms with Crippen molar-refractivity contribution in [1.82, 2.24) is 9.97 Å². The molecule has 4 heteroatoms. The molecule has 0 amide bonds. The Balaban J connectivity index is 2.14. The maximum absolute atomic E-state index is 6.02. The van der Waals surface area contributed by atoms with Gasteiger partial charge in [-0.25, -0.2) is 4.98 Å². The number of hydrogen-bond acceptors (Lipinski definition) is 3. The van der Waals surface area contributed by atoms with E-state index in [0.29, 0.717) is 10.8 Å². The SMILES string of the molecule is CC(Nc1ncccc1Cl)c1cccnc1. The molecule has 0 saturated carbocycles. The van der Waals surface area contributed by atoms with Gasteiger partial charge in [-0.1, -0.05) is 17.7 Å². The van der Waals surface area contributed by atoms with Crippen LogP contribution in [0, 0.1) is 0 Å². The molecule has 0 fully saturated rings. The summed E-state index contributed by atoms with van der Waals surface area (Å²) in [6.07, 6.45) is 5.29. The molecule has 1 N–H and O–H groups in total. The lowest BCUT2D eigenvalue weighted by Gasteiger charge is -2.15. The molecule has 0 aliphatic rings. The Bertz CT molecular complexity index is 459. The smallest absolute Gasteiger partial charge is 0.145 e. The first kappa shape index (κ1) is 10.9. The van der Waals surface area contributed by atoms with Gasteiger partial charge in [-0.15, -0.1) is 0 Å². The van der Waals surface area contributed by atoms with Crippen molar-refractivity contribution in [1.29, 1.82) is 0 Å². The molecule has 1 atom stereocenters. The average molecular weight is 234 g/mol. The van der Waals surface area contributed by atoms with Crippen molar-refractivity contribution >= 4 is 17.4 Å². The van der Waals surface area contributed by atoms with Gasteiger partial charge in [0.15, 0.2) is 0 Å². The van der Waals surface area contributed by atoms with E-state index in [-0.39, 0.29) is 6.04 Å². The van der Waals surface area contributed by atoms with Gasteiger partial charge in [-0.2, -0.15) is 0 Å². The fourth-order valence-electron chi connectivity index (χ4n) is 1.41. The zero-order valence-corrected chi connectivity index (χ0v) is 9.65. The van der Waals surface area contributed by atoms with Crippen molar-refractivity contribution in [2.45, 2.75) is 13.0 Å². The fraction of sp³-hybridized carbons (Fsp3) is 0.167. The highest BCUT2D eigenvalue weighted by Crippen LogP contribution is 2.22. The molecule has 0 spiro atoms. The Morgan fingerprint density at radius 1 is 1.25 bits per heavy atom. The number of aromatic nitrogens is 2. The number of nitrogens with zero attached hydrogens (tertiary/aromatic N) is 2. The Morgan fingerprint density at radius 3 is 2.75 bits per heavy atom. The van der Waals surface area contributed by atoms with Crippen LogP contribution in [0.2, 0.25) is 5.02 Å². The van der Waals surface area contributed by atoms with E-state index in [1.807, 2.05) is 37.4 Å². The maximum atomic E-state index is 6.02. The minimum Gasteiger partial charge on any atom is -0.362 e. The Labute approximate surface area is 99.5 Å². The lowest BCUT2D eigenvalue weighted by atomic mass is 10.1. The second-order valence-corrected chi connectivity index (χ2v) is 3.89. The summed E-state index contributed by atoms with van der Waals surface area (Å²) in [4.78, 5) is 8.26. The molecule has 16 heavy (non-hydrogen) atoms. The van der Waals surface area contributed by atoms with Gasteiger partial charge in [-0.05, 0) is 30.7 Å². The molecule has 2 aromatic heterocycles. The van der Waals surface area contributed by atoms with Gasteiger partial charge in [0, 0.05) is 18.6 Å². The lowest BCUT2D eigenvalue weighted by molar-refractivity contribution is 0.866. The quantitative estimate of drug-likeness (QED) is 0.884. The Kier molecular flexibility index (Phi) is 3.37. The summed E-state index contributed by atoms with van der Waals surface area (Å²) < 4.78 is 0. The van der Waals surface area contributed by atoms with Gasteiger partial charge in [0.2, 0.25) is 0 Å². The molecule has 0 saturated heterocycles. The predicted octanol–water partition coefficient (Wildman–Crippen LogP) is 3.30. The molecule has 82 valence electrons. The number of anilines is 1. The van der Waals surface area contributed by atoms with Crippen molar-refractivity contribution in [3.05, 3.63) is 53.4 Å². The highest BCUT2D eigenvalue weighted by molar-refractivity contribution is 6.32. The average Bonchev–Trinajstić information content (AvgIpc) is 2.33. The number of pyridine rings is 2. The zero-order chi connectivity index (χ0) is 11.4. The molecular formula is C12H12ClN3. The standard InChI is InChI=1S/C12H12ClN3/c1-9(10-4-2-6-14-8-10)16-12-11(13)5-3-7-15-12/h2-9H,1H3,(H,15,16). The molecule has 2 rings (SSSR count). The van der Waals surface area contributed by atoms with Gasteiger partial charge in [0.05, 0.1) is 11.1 Å². The van der Waals surface area contributed by atoms with Crippen molar-refractivity contribution < 1.29 is 0 Å². The van der Waals surface area contributed by atoms with E-state index < -0.39 is 0 Å². The van der Waals surface area contributed by atoms with Gasteiger partial charge in [0.25, 0.3) is 0 Å². The van der Waals surface area contributed by atoms with Crippen molar-refractivity contribution in [2.24, 2.45) is 0 Å². The predicted molar refractivity (Wildman–Crippen MR) is 65.5 cm³/mol. The van der Waals surface area contributed by atoms with E-state index in [4.69, 9.17) is 11.6 Å². The minimum atomic E-state index is 0.126. The van der Waals surface area contributed by atoms with Crippen LogP contribution in [0.15, 0.2) is 42.9 Å². The maximum Gasteiger partial charge on any atom is 0.145 e. The van der Waals surface area contributed by atoms with E-state index in [9.17, 15) is 0 Å². The summed E-state index contributed by atoms with van der Waals surface area (Å²) in [5, 5.41) is 3.87.